The second kappa shape index (κ2) is 2.34. The maximum absolute atomic E-state index is 10.9. The minimum Gasteiger partial charge on any atom is -0.295 e. The molecular weight excluding hydrogens is 112 g/mol. The molecular formula is C8H12O. The lowest BCUT2D eigenvalue weighted by atomic mass is 9.94. The summed E-state index contributed by atoms with van der Waals surface area (Å²) in [5.74, 6) is 1.07. The van der Waals surface area contributed by atoms with Gasteiger partial charge in [0.15, 0.2) is 5.78 Å². The molecule has 0 aromatic heterocycles. The average molecular weight is 124 g/mol. The van der Waals surface area contributed by atoms with Gasteiger partial charge in [0, 0.05) is 5.92 Å². The molecule has 1 nitrogen and oxygen atoms in total. The number of allylic oxidation sites excluding steroid dienone is 2. The van der Waals surface area contributed by atoms with Crippen molar-refractivity contribution < 1.29 is 4.79 Å². The van der Waals surface area contributed by atoms with E-state index in [1.54, 1.807) is 6.08 Å². The fourth-order valence-electron chi connectivity index (χ4n) is 1.34. The van der Waals surface area contributed by atoms with Crippen molar-refractivity contribution >= 4 is 5.78 Å². The van der Waals surface area contributed by atoms with Gasteiger partial charge in [-0.2, -0.15) is 0 Å². The normalized spacial score (nSPS) is 33.8. The summed E-state index contributed by atoms with van der Waals surface area (Å²) in [4.78, 5) is 10.9. The van der Waals surface area contributed by atoms with Crippen LogP contribution in [-0.4, -0.2) is 5.78 Å². The first-order chi connectivity index (χ1) is 4.25. The Bertz CT molecular complexity index is 147. The lowest BCUT2D eigenvalue weighted by molar-refractivity contribution is -0.118. The second-order valence-corrected chi connectivity index (χ2v) is 2.64. The minimum absolute atomic E-state index is 0.282. The van der Waals surface area contributed by atoms with Gasteiger partial charge in [-0.25, -0.2) is 0 Å². The Morgan fingerprint density at radius 2 is 2.33 bits per heavy atom. The third kappa shape index (κ3) is 1.04. The third-order valence-corrected chi connectivity index (χ3v) is 2.00. The van der Waals surface area contributed by atoms with Gasteiger partial charge in [0.2, 0.25) is 0 Å². The van der Waals surface area contributed by atoms with Crippen molar-refractivity contribution in [2.75, 3.05) is 0 Å². The SMILES string of the molecule is CCC1C(=O)C=CC1C. The highest BCUT2D eigenvalue weighted by atomic mass is 16.1. The van der Waals surface area contributed by atoms with E-state index in [1.807, 2.05) is 6.08 Å². The quantitative estimate of drug-likeness (QED) is 0.520. The van der Waals surface area contributed by atoms with Crippen molar-refractivity contribution in [2.45, 2.75) is 20.3 Å². The number of carbonyl (C=O) groups excluding carboxylic acids is 1. The Kier molecular flexibility index (Phi) is 1.70. The lowest BCUT2D eigenvalue weighted by Crippen LogP contribution is -2.11. The fourth-order valence-corrected chi connectivity index (χ4v) is 1.34. The molecule has 2 atom stereocenters. The highest BCUT2D eigenvalue weighted by Gasteiger charge is 2.23. The van der Waals surface area contributed by atoms with Gasteiger partial charge in [0.1, 0.15) is 0 Å². The van der Waals surface area contributed by atoms with Crippen LogP contribution < -0.4 is 0 Å². The zero-order chi connectivity index (χ0) is 6.85. The van der Waals surface area contributed by atoms with Crippen LogP contribution >= 0.6 is 0 Å². The molecule has 0 radical (unpaired) electrons. The number of rotatable bonds is 1. The summed E-state index contributed by atoms with van der Waals surface area (Å²) in [6.45, 7) is 4.15. The zero-order valence-corrected chi connectivity index (χ0v) is 5.92. The number of hydrogen-bond acceptors (Lipinski definition) is 1. The van der Waals surface area contributed by atoms with E-state index < -0.39 is 0 Å². The van der Waals surface area contributed by atoms with Crippen LogP contribution in [0.25, 0.3) is 0 Å². The van der Waals surface area contributed by atoms with Gasteiger partial charge in [-0.15, -0.1) is 0 Å². The highest BCUT2D eigenvalue weighted by molar-refractivity contribution is 5.94. The van der Waals surface area contributed by atoms with Crippen molar-refractivity contribution in [1.82, 2.24) is 0 Å². The predicted octanol–water partition coefficient (Wildman–Crippen LogP) is 1.79. The predicted molar refractivity (Wildman–Crippen MR) is 37.1 cm³/mol. The topological polar surface area (TPSA) is 17.1 Å². The van der Waals surface area contributed by atoms with Gasteiger partial charge < -0.3 is 0 Å². The van der Waals surface area contributed by atoms with Crippen molar-refractivity contribution in [3.8, 4) is 0 Å². The maximum atomic E-state index is 10.9. The summed E-state index contributed by atoms with van der Waals surface area (Å²) in [6.07, 6.45) is 4.68. The van der Waals surface area contributed by atoms with E-state index in [-0.39, 0.29) is 5.92 Å². The number of ketones is 1. The molecule has 0 aromatic carbocycles. The Morgan fingerprint density at radius 3 is 2.56 bits per heavy atom. The Hall–Kier alpha value is -0.590. The van der Waals surface area contributed by atoms with Gasteiger partial charge in [0.25, 0.3) is 0 Å². The fraction of sp³-hybridized carbons (Fsp3) is 0.625. The van der Waals surface area contributed by atoms with Crippen molar-refractivity contribution in [3.63, 3.8) is 0 Å². The van der Waals surface area contributed by atoms with Gasteiger partial charge >= 0.3 is 0 Å². The summed E-state index contributed by atoms with van der Waals surface area (Å²) < 4.78 is 0. The molecule has 1 aliphatic carbocycles. The van der Waals surface area contributed by atoms with Crippen molar-refractivity contribution in [2.24, 2.45) is 11.8 Å². The molecule has 0 amide bonds. The molecule has 0 heterocycles. The summed E-state index contributed by atoms with van der Waals surface area (Å²) in [5, 5.41) is 0. The van der Waals surface area contributed by atoms with Gasteiger partial charge in [-0.05, 0) is 18.4 Å². The van der Waals surface area contributed by atoms with E-state index >= 15 is 0 Å². The maximum Gasteiger partial charge on any atom is 0.159 e. The van der Waals surface area contributed by atoms with Crippen LogP contribution in [0.4, 0.5) is 0 Å². The van der Waals surface area contributed by atoms with E-state index in [1.165, 1.54) is 0 Å². The van der Waals surface area contributed by atoms with Crippen LogP contribution in [-0.2, 0) is 4.79 Å². The smallest absolute Gasteiger partial charge is 0.159 e. The average Bonchev–Trinajstić information content (AvgIpc) is 2.12. The van der Waals surface area contributed by atoms with Gasteiger partial charge in [-0.3, -0.25) is 4.79 Å². The third-order valence-electron chi connectivity index (χ3n) is 2.00. The van der Waals surface area contributed by atoms with E-state index in [2.05, 4.69) is 13.8 Å². The monoisotopic (exact) mass is 124 g/mol. The molecule has 9 heavy (non-hydrogen) atoms. The van der Waals surface area contributed by atoms with Crippen LogP contribution in [0.5, 0.6) is 0 Å². The largest absolute Gasteiger partial charge is 0.295 e. The molecule has 50 valence electrons. The molecule has 1 rings (SSSR count). The molecule has 0 aromatic rings. The van der Waals surface area contributed by atoms with E-state index in [9.17, 15) is 4.79 Å². The lowest BCUT2D eigenvalue weighted by Gasteiger charge is -2.08. The summed E-state index contributed by atoms with van der Waals surface area (Å²) >= 11 is 0. The van der Waals surface area contributed by atoms with Gasteiger partial charge in [-0.1, -0.05) is 19.9 Å². The standard InChI is InChI=1S/C8H12O/c1-3-7-6(2)4-5-8(7)9/h4-7H,3H2,1-2H3. The van der Waals surface area contributed by atoms with E-state index in [4.69, 9.17) is 0 Å². The second-order valence-electron chi connectivity index (χ2n) is 2.64. The van der Waals surface area contributed by atoms with Crippen LogP contribution in [0.1, 0.15) is 20.3 Å². The first-order valence-corrected chi connectivity index (χ1v) is 3.47. The Balaban J connectivity index is 2.63. The molecule has 0 aliphatic heterocycles. The number of hydrogen-bond donors (Lipinski definition) is 0. The molecule has 1 heteroatoms. The Labute approximate surface area is 55.8 Å². The molecule has 2 unspecified atom stereocenters. The molecule has 0 saturated heterocycles. The first kappa shape index (κ1) is 6.53. The molecule has 0 saturated carbocycles. The van der Waals surface area contributed by atoms with Crippen molar-refractivity contribution in [1.29, 1.82) is 0 Å². The summed E-state index contributed by atoms with van der Waals surface area (Å²) in [6, 6.07) is 0. The summed E-state index contributed by atoms with van der Waals surface area (Å²) in [7, 11) is 0. The first-order valence-electron chi connectivity index (χ1n) is 3.47. The molecule has 1 aliphatic rings. The Morgan fingerprint density at radius 1 is 1.67 bits per heavy atom. The molecule has 0 bridgehead atoms. The van der Waals surface area contributed by atoms with Crippen LogP contribution in [0.3, 0.4) is 0 Å². The van der Waals surface area contributed by atoms with E-state index in [0.717, 1.165) is 6.42 Å². The van der Waals surface area contributed by atoms with E-state index in [0.29, 0.717) is 11.7 Å². The van der Waals surface area contributed by atoms with Crippen LogP contribution in [0.2, 0.25) is 0 Å². The molecule has 0 fully saturated rings. The zero-order valence-electron chi connectivity index (χ0n) is 5.92. The van der Waals surface area contributed by atoms with Crippen LogP contribution in [0.15, 0.2) is 12.2 Å². The highest BCUT2D eigenvalue weighted by Crippen LogP contribution is 2.23. The molecule has 0 spiro atoms. The number of carbonyl (C=O) groups is 1. The van der Waals surface area contributed by atoms with Crippen molar-refractivity contribution in [3.05, 3.63) is 12.2 Å². The molecule has 0 N–H and O–H groups in total. The summed E-state index contributed by atoms with van der Waals surface area (Å²) in [5.41, 5.74) is 0. The van der Waals surface area contributed by atoms with Gasteiger partial charge in [0.05, 0.1) is 0 Å². The van der Waals surface area contributed by atoms with Crippen LogP contribution in [0, 0.1) is 11.8 Å². The minimum atomic E-state index is 0.282.